The molecule has 0 aromatic carbocycles. The first kappa shape index (κ1) is 14.2. The van der Waals surface area contributed by atoms with E-state index in [2.05, 4.69) is 23.9 Å². The summed E-state index contributed by atoms with van der Waals surface area (Å²) in [4.78, 5) is 4.27. The summed E-state index contributed by atoms with van der Waals surface area (Å²) >= 11 is 7.95. The number of rotatable bonds is 5. The van der Waals surface area contributed by atoms with Gasteiger partial charge < -0.3 is 5.73 Å². The van der Waals surface area contributed by atoms with Crippen LogP contribution in [0.5, 0.6) is 0 Å². The maximum atomic E-state index is 6.37. The fourth-order valence-electron chi connectivity index (χ4n) is 1.82. The van der Waals surface area contributed by atoms with Crippen molar-refractivity contribution in [2.24, 2.45) is 0 Å². The summed E-state index contributed by atoms with van der Waals surface area (Å²) in [6.07, 6.45) is 2.59. The molecular formula is C13H17ClN4S. The molecule has 0 aliphatic rings. The molecule has 2 rings (SSSR count). The quantitative estimate of drug-likeness (QED) is 0.859. The van der Waals surface area contributed by atoms with Gasteiger partial charge in [-0.2, -0.15) is 5.10 Å². The first-order chi connectivity index (χ1) is 9.17. The lowest BCUT2D eigenvalue weighted by Gasteiger charge is -2.06. The molecule has 0 radical (unpaired) electrons. The van der Waals surface area contributed by atoms with Crippen molar-refractivity contribution in [1.82, 2.24) is 14.8 Å². The molecule has 0 amide bonds. The average molecular weight is 297 g/mol. The highest BCUT2D eigenvalue weighted by Crippen LogP contribution is 2.30. The molecule has 0 spiro atoms. The van der Waals surface area contributed by atoms with Crippen molar-refractivity contribution in [2.75, 3.05) is 5.73 Å². The van der Waals surface area contributed by atoms with Gasteiger partial charge in [-0.25, -0.2) is 4.98 Å². The van der Waals surface area contributed by atoms with Gasteiger partial charge >= 0.3 is 0 Å². The van der Waals surface area contributed by atoms with Gasteiger partial charge in [0.1, 0.15) is 5.03 Å². The Labute approximate surface area is 122 Å². The van der Waals surface area contributed by atoms with Crippen LogP contribution in [0.1, 0.15) is 25.2 Å². The van der Waals surface area contributed by atoms with Crippen molar-refractivity contribution in [2.45, 2.75) is 37.6 Å². The van der Waals surface area contributed by atoms with Gasteiger partial charge in [-0.3, -0.25) is 4.68 Å². The normalized spacial score (nSPS) is 10.9. The Morgan fingerprint density at radius 3 is 2.84 bits per heavy atom. The van der Waals surface area contributed by atoms with Crippen LogP contribution in [0.2, 0.25) is 5.02 Å². The number of pyridine rings is 1. The summed E-state index contributed by atoms with van der Waals surface area (Å²) in [7, 11) is 0. The molecule has 2 N–H and O–H groups in total. The van der Waals surface area contributed by atoms with Gasteiger partial charge in [-0.05, 0) is 25.5 Å². The van der Waals surface area contributed by atoms with Crippen molar-refractivity contribution < 1.29 is 0 Å². The van der Waals surface area contributed by atoms with Crippen LogP contribution in [0, 0.1) is 0 Å². The van der Waals surface area contributed by atoms with E-state index in [0.717, 1.165) is 40.2 Å². The van der Waals surface area contributed by atoms with Crippen molar-refractivity contribution >= 4 is 29.1 Å². The summed E-state index contributed by atoms with van der Waals surface area (Å²) in [6, 6.07) is 3.68. The summed E-state index contributed by atoms with van der Waals surface area (Å²) < 4.78 is 1.95. The zero-order valence-corrected chi connectivity index (χ0v) is 12.6. The van der Waals surface area contributed by atoms with E-state index in [0.29, 0.717) is 5.69 Å². The molecule has 102 valence electrons. The van der Waals surface area contributed by atoms with Gasteiger partial charge in [0.15, 0.2) is 0 Å². The van der Waals surface area contributed by atoms with Crippen LogP contribution in [0.3, 0.4) is 0 Å². The van der Waals surface area contributed by atoms with Gasteiger partial charge in [-0.15, -0.1) is 0 Å². The predicted octanol–water partition coefficient (Wildman–Crippen LogP) is 3.39. The van der Waals surface area contributed by atoms with Gasteiger partial charge in [0.05, 0.1) is 22.1 Å². The number of thioether (sulfide) groups is 1. The van der Waals surface area contributed by atoms with Gasteiger partial charge in [0, 0.05) is 18.5 Å². The summed E-state index contributed by atoms with van der Waals surface area (Å²) in [5.74, 6) is 0.723. The van der Waals surface area contributed by atoms with Crippen LogP contribution in [-0.4, -0.2) is 14.8 Å². The number of nitrogens with zero attached hydrogens (tertiary/aromatic N) is 3. The Hall–Kier alpha value is -1.20. The lowest BCUT2D eigenvalue weighted by Crippen LogP contribution is -2.02. The SMILES string of the molecule is CCc1nn(CC)c(CSc2ncccc2N)c1Cl. The first-order valence-electron chi connectivity index (χ1n) is 6.24. The molecule has 0 saturated heterocycles. The third-order valence-electron chi connectivity index (χ3n) is 2.84. The molecule has 19 heavy (non-hydrogen) atoms. The Morgan fingerprint density at radius 1 is 1.42 bits per heavy atom. The smallest absolute Gasteiger partial charge is 0.119 e. The van der Waals surface area contributed by atoms with Gasteiger partial charge in [0.2, 0.25) is 0 Å². The standard InChI is InChI=1S/C13H17ClN4S/c1-3-10-12(14)11(18(4-2)17-10)8-19-13-9(15)6-5-7-16-13/h5-7H,3-4,8,15H2,1-2H3. The molecule has 0 bridgehead atoms. The number of aromatic nitrogens is 3. The largest absolute Gasteiger partial charge is 0.397 e. The van der Waals surface area contributed by atoms with E-state index in [9.17, 15) is 0 Å². The molecule has 0 fully saturated rings. The topological polar surface area (TPSA) is 56.7 Å². The highest BCUT2D eigenvalue weighted by molar-refractivity contribution is 7.98. The minimum atomic E-state index is 0.696. The number of nitrogens with two attached hydrogens (primary N) is 1. The lowest BCUT2D eigenvalue weighted by atomic mass is 10.3. The molecular weight excluding hydrogens is 280 g/mol. The van der Waals surface area contributed by atoms with Gasteiger partial charge in [0.25, 0.3) is 0 Å². The van der Waals surface area contributed by atoms with E-state index >= 15 is 0 Å². The van der Waals surface area contributed by atoms with Crippen LogP contribution < -0.4 is 5.73 Å². The van der Waals surface area contributed by atoms with Gasteiger partial charge in [-0.1, -0.05) is 30.3 Å². The molecule has 0 saturated carbocycles. The molecule has 2 heterocycles. The molecule has 0 aliphatic carbocycles. The maximum Gasteiger partial charge on any atom is 0.119 e. The molecule has 2 aromatic heterocycles. The average Bonchev–Trinajstić information content (AvgIpc) is 2.74. The number of hydrogen-bond acceptors (Lipinski definition) is 4. The molecule has 0 unspecified atom stereocenters. The second-order valence-corrected chi connectivity index (χ2v) is 5.41. The first-order valence-corrected chi connectivity index (χ1v) is 7.61. The zero-order chi connectivity index (χ0) is 13.8. The molecule has 0 aliphatic heterocycles. The van der Waals surface area contributed by atoms with E-state index in [1.807, 2.05) is 16.8 Å². The maximum absolute atomic E-state index is 6.37. The number of hydrogen-bond donors (Lipinski definition) is 1. The Morgan fingerprint density at radius 2 is 2.21 bits per heavy atom. The van der Waals surface area contributed by atoms with E-state index in [1.54, 1.807) is 18.0 Å². The summed E-state index contributed by atoms with van der Waals surface area (Å²) in [6.45, 7) is 4.93. The monoisotopic (exact) mass is 296 g/mol. The minimum absolute atomic E-state index is 0.696. The van der Waals surface area contributed by atoms with Crippen LogP contribution in [0.15, 0.2) is 23.4 Å². The lowest BCUT2D eigenvalue weighted by molar-refractivity contribution is 0.628. The second-order valence-electron chi connectivity index (χ2n) is 4.06. The van der Waals surface area contributed by atoms with Crippen molar-refractivity contribution in [3.8, 4) is 0 Å². The Balaban J connectivity index is 2.20. The molecule has 6 heteroatoms. The van der Waals surface area contributed by atoms with Crippen molar-refractivity contribution in [3.05, 3.63) is 34.7 Å². The van der Waals surface area contributed by atoms with Crippen LogP contribution in [0.25, 0.3) is 0 Å². The highest BCUT2D eigenvalue weighted by Gasteiger charge is 2.15. The van der Waals surface area contributed by atoms with E-state index in [1.165, 1.54) is 0 Å². The molecule has 0 atom stereocenters. The molecule has 2 aromatic rings. The fraction of sp³-hybridized carbons (Fsp3) is 0.385. The fourth-order valence-corrected chi connectivity index (χ4v) is 3.17. The van der Waals surface area contributed by atoms with Crippen LogP contribution in [-0.2, 0) is 18.7 Å². The number of halogens is 1. The van der Waals surface area contributed by atoms with Crippen LogP contribution >= 0.6 is 23.4 Å². The van der Waals surface area contributed by atoms with E-state index in [4.69, 9.17) is 17.3 Å². The number of anilines is 1. The minimum Gasteiger partial charge on any atom is -0.397 e. The molecule has 4 nitrogen and oxygen atoms in total. The van der Waals surface area contributed by atoms with Crippen molar-refractivity contribution in [1.29, 1.82) is 0 Å². The zero-order valence-electron chi connectivity index (χ0n) is 11.1. The summed E-state index contributed by atoms with van der Waals surface area (Å²) in [5, 5.41) is 6.10. The summed E-state index contributed by atoms with van der Waals surface area (Å²) in [5.41, 5.74) is 8.57. The van der Waals surface area contributed by atoms with E-state index in [-0.39, 0.29) is 0 Å². The predicted molar refractivity (Wildman–Crippen MR) is 80.5 cm³/mol. The van der Waals surface area contributed by atoms with Crippen molar-refractivity contribution in [3.63, 3.8) is 0 Å². The highest BCUT2D eigenvalue weighted by atomic mass is 35.5. The van der Waals surface area contributed by atoms with Crippen LogP contribution in [0.4, 0.5) is 5.69 Å². The second kappa shape index (κ2) is 6.30. The number of nitrogen functional groups attached to an aromatic ring is 1. The Bertz CT molecular complexity index is 568. The third kappa shape index (κ3) is 3.04. The Kier molecular flexibility index (Phi) is 4.71. The number of aryl methyl sites for hydroxylation is 2. The van der Waals surface area contributed by atoms with E-state index < -0.39 is 0 Å². The third-order valence-corrected chi connectivity index (χ3v) is 4.31.